The fraction of sp³-hybridized carbons (Fsp3) is 0.0714. The van der Waals surface area contributed by atoms with E-state index in [0.717, 1.165) is 5.56 Å². The van der Waals surface area contributed by atoms with Crippen molar-refractivity contribution in [2.24, 2.45) is 0 Å². The lowest BCUT2D eigenvalue weighted by molar-refractivity contribution is 0.200. The molecule has 0 atom stereocenters. The van der Waals surface area contributed by atoms with Gasteiger partial charge in [-0.1, -0.05) is 41.9 Å². The molecule has 0 bridgehead atoms. The maximum Gasteiger partial charge on any atom is 0.412 e. The summed E-state index contributed by atoms with van der Waals surface area (Å²) in [5.74, 6) is 0.520. The molecule has 0 saturated heterocycles. The Balaban J connectivity index is 1.83. The van der Waals surface area contributed by atoms with Gasteiger partial charge < -0.3 is 10.1 Å². The second kappa shape index (κ2) is 6.07. The normalized spacial score (nSPS) is 9.83. The number of carbonyl (C=O) groups is 1. The van der Waals surface area contributed by atoms with Crippen LogP contribution < -0.4 is 10.1 Å². The average molecular weight is 262 g/mol. The van der Waals surface area contributed by atoms with E-state index in [1.807, 2.05) is 30.3 Å². The molecule has 0 aliphatic heterocycles. The first-order chi connectivity index (χ1) is 8.74. The maximum atomic E-state index is 11.5. The van der Waals surface area contributed by atoms with Crippen LogP contribution in [-0.2, 0) is 6.54 Å². The van der Waals surface area contributed by atoms with Gasteiger partial charge in [0, 0.05) is 11.6 Å². The van der Waals surface area contributed by atoms with Crippen LogP contribution in [0.15, 0.2) is 54.6 Å². The number of benzene rings is 2. The van der Waals surface area contributed by atoms with Crippen molar-refractivity contribution < 1.29 is 9.53 Å². The van der Waals surface area contributed by atoms with Crippen molar-refractivity contribution in [1.29, 1.82) is 0 Å². The van der Waals surface area contributed by atoms with E-state index in [1.54, 1.807) is 24.3 Å². The van der Waals surface area contributed by atoms with Gasteiger partial charge in [0.25, 0.3) is 0 Å². The number of nitrogens with one attached hydrogen (secondary N) is 1. The molecule has 2 aromatic rings. The number of amides is 1. The Morgan fingerprint density at radius 1 is 1.06 bits per heavy atom. The Hall–Kier alpha value is -2.00. The predicted octanol–water partition coefficient (Wildman–Crippen LogP) is 3.63. The molecule has 1 N–H and O–H groups in total. The highest BCUT2D eigenvalue weighted by atomic mass is 35.5. The zero-order valence-electron chi connectivity index (χ0n) is 9.60. The van der Waals surface area contributed by atoms with Gasteiger partial charge >= 0.3 is 6.09 Å². The molecule has 3 nitrogen and oxygen atoms in total. The summed E-state index contributed by atoms with van der Waals surface area (Å²) in [6.45, 7) is 0.406. The van der Waals surface area contributed by atoms with Crippen molar-refractivity contribution in [1.82, 2.24) is 5.32 Å². The van der Waals surface area contributed by atoms with E-state index >= 15 is 0 Å². The number of hydrogen-bond donors (Lipinski definition) is 1. The number of ether oxygens (including phenoxy) is 1. The molecule has 4 heteroatoms. The van der Waals surface area contributed by atoms with Crippen LogP contribution in [0.1, 0.15) is 5.56 Å². The van der Waals surface area contributed by atoms with Crippen LogP contribution in [0.4, 0.5) is 4.79 Å². The molecule has 2 rings (SSSR count). The summed E-state index contributed by atoms with van der Waals surface area (Å²) in [6, 6.07) is 16.2. The van der Waals surface area contributed by atoms with E-state index in [2.05, 4.69) is 5.32 Å². The molecule has 18 heavy (non-hydrogen) atoms. The lowest BCUT2D eigenvalue weighted by Gasteiger charge is -2.06. The Morgan fingerprint density at radius 2 is 1.72 bits per heavy atom. The number of carbonyl (C=O) groups excluding carboxylic acids is 1. The first-order valence-electron chi connectivity index (χ1n) is 5.49. The lowest BCUT2D eigenvalue weighted by Crippen LogP contribution is -2.26. The van der Waals surface area contributed by atoms with Crippen molar-refractivity contribution in [2.45, 2.75) is 6.54 Å². The molecule has 0 aromatic heterocycles. The van der Waals surface area contributed by atoms with Crippen molar-refractivity contribution in [2.75, 3.05) is 0 Å². The van der Waals surface area contributed by atoms with Gasteiger partial charge in [-0.3, -0.25) is 0 Å². The second-order valence-corrected chi connectivity index (χ2v) is 4.12. The summed E-state index contributed by atoms with van der Waals surface area (Å²) in [4.78, 5) is 11.5. The van der Waals surface area contributed by atoms with E-state index in [4.69, 9.17) is 16.3 Å². The average Bonchev–Trinajstić information content (AvgIpc) is 2.39. The maximum absolute atomic E-state index is 11.5. The zero-order valence-corrected chi connectivity index (χ0v) is 10.4. The molecule has 0 unspecified atom stereocenters. The SMILES string of the molecule is O=C(NCc1ccc(Cl)cc1)Oc1ccccc1. The molecule has 0 spiro atoms. The molecule has 0 aliphatic carbocycles. The molecule has 0 saturated carbocycles. The van der Waals surface area contributed by atoms with Gasteiger partial charge in [-0.2, -0.15) is 0 Å². The fourth-order valence-corrected chi connectivity index (χ4v) is 1.53. The Bertz CT molecular complexity index is 511. The summed E-state index contributed by atoms with van der Waals surface area (Å²) in [5, 5.41) is 3.33. The molecule has 92 valence electrons. The van der Waals surface area contributed by atoms with E-state index in [0.29, 0.717) is 17.3 Å². The van der Waals surface area contributed by atoms with E-state index in [-0.39, 0.29) is 0 Å². The van der Waals surface area contributed by atoms with E-state index in [1.165, 1.54) is 0 Å². The topological polar surface area (TPSA) is 38.3 Å². The highest BCUT2D eigenvalue weighted by molar-refractivity contribution is 6.30. The summed E-state index contributed by atoms with van der Waals surface area (Å²) in [6.07, 6.45) is -0.476. The fourth-order valence-electron chi connectivity index (χ4n) is 1.41. The van der Waals surface area contributed by atoms with Crippen LogP contribution in [0.5, 0.6) is 5.75 Å². The third-order valence-corrected chi connectivity index (χ3v) is 2.56. The van der Waals surface area contributed by atoms with Crippen molar-refractivity contribution in [3.8, 4) is 5.75 Å². The summed E-state index contributed by atoms with van der Waals surface area (Å²) in [5.41, 5.74) is 0.962. The van der Waals surface area contributed by atoms with Crippen molar-refractivity contribution in [3.05, 3.63) is 65.2 Å². The number of para-hydroxylation sites is 1. The van der Waals surface area contributed by atoms with Gasteiger partial charge in [0.05, 0.1) is 0 Å². The van der Waals surface area contributed by atoms with Crippen LogP contribution in [0, 0.1) is 0 Å². The van der Waals surface area contributed by atoms with Crippen LogP contribution in [0.3, 0.4) is 0 Å². The van der Waals surface area contributed by atoms with Gasteiger partial charge in [-0.05, 0) is 29.8 Å². The van der Waals surface area contributed by atoms with Crippen LogP contribution in [-0.4, -0.2) is 6.09 Å². The molecule has 0 fully saturated rings. The Labute approximate surface area is 110 Å². The van der Waals surface area contributed by atoms with Crippen molar-refractivity contribution in [3.63, 3.8) is 0 Å². The molecule has 1 amide bonds. The third kappa shape index (κ3) is 3.79. The van der Waals surface area contributed by atoms with Gasteiger partial charge in [-0.25, -0.2) is 4.79 Å². The Morgan fingerprint density at radius 3 is 2.39 bits per heavy atom. The highest BCUT2D eigenvalue weighted by Crippen LogP contribution is 2.10. The van der Waals surface area contributed by atoms with Crippen LogP contribution >= 0.6 is 11.6 Å². The van der Waals surface area contributed by atoms with E-state index in [9.17, 15) is 4.79 Å². The number of rotatable bonds is 3. The molecular weight excluding hydrogens is 250 g/mol. The first kappa shape index (κ1) is 12.5. The Kier molecular flexibility index (Phi) is 4.20. The van der Waals surface area contributed by atoms with Gasteiger partial charge in [0.1, 0.15) is 5.75 Å². The minimum absolute atomic E-state index is 0.406. The molecular formula is C14H12ClNO2. The van der Waals surface area contributed by atoms with Gasteiger partial charge in [0.15, 0.2) is 0 Å². The number of hydrogen-bond acceptors (Lipinski definition) is 2. The minimum atomic E-state index is -0.476. The second-order valence-electron chi connectivity index (χ2n) is 3.68. The highest BCUT2D eigenvalue weighted by Gasteiger charge is 2.03. The molecule has 0 radical (unpaired) electrons. The smallest absolute Gasteiger partial charge is 0.410 e. The largest absolute Gasteiger partial charge is 0.412 e. The molecule has 2 aromatic carbocycles. The predicted molar refractivity (Wildman–Crippen MR) is 70.8 cm³/mol. The van der Waals surface area contributed by atoms with Crippen molar-refractivity contribution >= 4 is 17.7 Å². The summed E-state index contributed by atoms with van der Waals surface area (Å²) < 4.78 is 5.08. The lowest BCUT2D eigenvalue weighted by atomic mass is 10.2. The zero-order chi connectivity index (χ0) is 12.8. The first-order valence-corrected chi connectivity index (χ1v) is 5.87. The van der Waals surface area contributed by atoms with Gasteiger partial charge in [0.2, 0.25) is 0 Å². The van der Waals surface area contributed by atoms with Crippen LogP contribution in [0.2, 0.25) is 5.02 Å². The standard InChI is InChI=1S/C14H12ClNO2/c15-12-8-6-11(7-9-12)10-16-14(17)18-13-4-2-1-3-5-13/h1-9H,10H2,(H,16,17). The number of halogens is 1. The minimum Gasteiger partial charge on any atom is -0.410 e. The monoisotopic (exact) mass is 261 g/mol. The summed E-state index contributed by atoms with van der Waals surface area (Å²) >= 11 is 5.77. The van der Waals surface area contributed by atoms with E-state index < -0.39 is 6.09 Å². The van der Waals surface area contributed by atoms with Crippen LogP contribution in [0.25, 0.3) is 0 Å². The third-order valence-electron chi connectivity index (χ3n) is 2.30. The quantitative estimate of drug-likeness (QED) is 0.916. The molecule has 0 aliphatic rings. The van der Waals surface area contributed by atoms with Gasteiger partial charge in [-0.15, -0.1) is 0 Å². The molecule has 0 heterocycles. The summed E-state index contributed by atoms with van der Waals surface area (Å²) in [7, 11) is 0.